The number of nitrogens with zero attached hydrogens (tertiary/aromatic N) is 1. The van der Waals surface area contributed by atoms with Crippen LogP contribution >= 0.6 is 15.9 Å². The van der Waals surface area contributed by atoms with Gasteiger partial charge in [-0.15, -0.1) is 0 Å². The van der Waals surface area contributed by atoms with Crippen molar-refractivity contribution < 1.29 is 4.42 Å². The molecule has 0 fully saturated rings. The van der Waals surface area contributed by atoms with Crippen molar-refractivity contribution in [2.75, 3.05) is 6.54 Å². The summed E-state index contributed by atoms with van der Waals surface area (Å²) in [6.45, 7) is 3.04. The molecule has 0 radical (unpaired) electrons. The van der Waals surface area contributed by atoms with Crippen molar-refractivity contribution in [3.05, 3.63) is 40.8 Å². The molecule has 1 unspecified atom stereocenters. The van der Waals surface area contributed by atoms with E-state index in [2.05, 4.69) is 38.1 Å². The highest BCUT2D eigenvalue weighted by atomic mass is 79.9. The third-order valence-electron chi connectivity index (χ3n) is 2.30. The number of hydrogen-bond acceptors (Lipinski definition) is 3. The van der Waals surface area contributed by atoms with Crippen molar-refractivity contribution in [3.8, 4) is 0 Å². The van der Waals surface area contributed by atoms with Crippen LogP contribution in [0.4, 0.5) is 0 Å². The van der Waals surface area contributed by atoms with E-state index in [0.29, 0.717) is 0 Å². The predicted molar refractivity (Wildman–Crippen MR) is 65.1 cm³/mol. The van der Waals surface area contributed by atoms with Gasteiger partial charge in [-0.25, -0.2) is 4.98 Å². The topological polar surface area (TPSA) is 53.9 Å². The number of H-pyrrole nitrogens is 1. The van der Waals surface area contributed by atoms with Crippen LogP contribution in [0.1, 0.15) is 31.0 Å². The summed E-state index contributed by atoms with van der Waals surface area (Å²) in [6, 6.07) is 1.86. The molecule has 0 amide bonds. The van der Waals surface area contributed by atoms with Gasteiger partial charge in [0.2, 0.25) is 0 Å². The van der Waals surface area contributed by atoms with Gasteiger partial charge in [0.15, 0.2) is 0 Å². The number of imidazole rings is 1. The van der Waals surface area contributed by atoms with E-state index in [1.807, 2.05) is 12.3 Å². The highest BCUT2D eigenvalue weighted by Gasteiger charge is 2.21. The average Bonchev–Trinajstić information content (AvgIpc) is 2.91. The molecule has 5 heteroatoms. The van der Waals surface area contributed by atoms with Crippen LogP contribution in [0.2, 0.25) is 0 Å². The first-order chi connectivity index (χ1) is 7.83. The Morgan fingerprint density at radius 2 is 2.50 bits per heavy atom. The van der Waals surface area contributed by atoms with E-state index in [1.54, 1.807) is 12.5 Å². The molecule has 0 spiro atoms. The van der Waals surface area contributed by atoms with Gasteiger partial charge in [-0.1, -0.05) is 6.92 Å². The molecule has 2 aromatic heterocycles. The summed E-state index contributed by atoms with van der Waals surface area (Å²) in [6.07, 6.45) is 6.29. The van der Waals surface area contributed by atoms with Crippen LogP contribution in [0, 0.1) is 0 Å². The number of nitrogens with one attached hydrogen (secondary N) is 2. The maximum atomic E-state index is 5.48. The van der Waals surface area contributed by atoms with E-state index < -0.39 is 0 Å². The summed E-state index contributed by atoms with van der Waals surface area (Å²) in [7, 11) is 0. The van der Waals surface area contributed by atoms with Crippen molar-refractivity contribution in [3.63, 3.8) is 0 Å². The first kappa shape index (κ1) is 11.4. The van der Waals surface area contributed by atoms with E-state index in [0.717, 1.165) is 29.0 Å². The molecular weight excluding hydrogens is 270 g/mol. The van der Waals surface area contributed by atoms with Gasteiger partial charge in [-0.05, 0) is 35.0 Å². The van der Waals surface area contributed by atoms with E-state index in [4.69, 9.17) is 4.42 Å². The Morgan fingerprint density at radius 1 is 1.62 bits per heavy atom. The summed E-state index contributed by atoms with van der Waals surface area (Å²) >= 11 is 3.47. The van der Waals surface area contributed by atoms with Gasteiger partial charge < -0.3 is 14.7 Å². The van der Waals surface area contributed by atoms with Crippen LogP contribution in [0.3, 0.4) is 0 Å². The monoisotopic (exact) mass is 283 g/mol. The first-order valence-electron chi connectivity index (χ1n) is 5.28. The third kappa shape index (κ3) is 2.36. The Labute approximate surface area is 103 Å². The Hall–Kier alpha value is -1.07. The largest absolute Gasteiger partial charge is 0.466 e. The number of furan rings is 1. The second-order valence-corrected chi connectivity index (χ2v) is 4.35. The van der Waals surface area contributed by atoms with Crippen LogP contribution in [0.25, 0.3) is 0 Å². The molecule has 86 valence electrons. The highest BCUT2D eigenvalue weighted by molar-refractivity contribution is 9.10. The lowest BCUT2D eigenvalue weighted by atomic mass is 10.2. The molecule has 0 saturated heterocycles. The molecule has 0 aliphatic heterocycles. The molecule has 2 N–H and O–H groups in total. The van der Waals surface area contributed by atoms with E-state index >= 15 is 0 Å². The standard InChI is InChI=1S/C11H14BrN3O/c1-2-4-13-9(11-14-5-6-15-11)10-8(12)3-7-16-10/h3,5-7,9,13H,2,4H2,1H3,(H,14,15). The molecule has 0 bridgehead atoms. The summed E-state index contributed by atoms with van der Waals surface area (Å²) in [5.74, 6) is 1.72. The fourth-order valence-electron chi connectivity index (χ4n) is 1.55. The fraction of sp³-hybridized carbons (Fsp3) is 0.364. The van der Waals surface area contributed by atoms with Crippen molar-refractivity contribution in [1.82, 2.24) is 15.3 Å². The maximum Gasteiger partial charge on any atom is 0.142 e. The summed E-state index contributed by atoms with van der Waals surface area (Å²) in [5.41, 5.74) is 0. The molecule has 0 aromatic carbocycles. The lowest BCUT2D eigenvalue weighted by molar-refractivity contribution is 0.435. The number of aromatic nitrogens is 2. The molecule has 2 aromatic rings. The van der Waals surface area contributed by atoms with Gasteiger partial charge in [-0.2, -0.15) is 0 Å². The summed E-state index contributed by atoms with van der Waals surface area (Å²) < 4.78 is 6.43. The number of aromatic amines is 1. The second kappa shape index (κ2) is 5.32. The average molecular weight is 284 g/mol. The Kier molecular flexibility index (Phi) is 3.79. The van der Waals surface area contributed by atoms with Crippen LogP contribution in [-0.2, 0) is 0 Å². The van der Waals surface area contributed by atoms with Crippen molar-refractivity contribution in [2.24, 2.45) is 0 Å². The maximum absolute atomic E-state index is 5.48. The van der Waals surface area contributed by atoms with Gasteiger partial charge in [0.1, 0.15) is 17.6 Å². The first-order valence-corrected chi connectivity index (χ1v) is 6.07. The molecule has 2 heterocycles. The van der Waals surface area contributed by atoms with E-state index in [9.17, 15) is 0 Å². The van der Waals surface area contributed by atoms with Crippen molar-refractivity contribution >= 4 is 15.9 Å². The SMILES string of the molecule is CCCNC(c1ncc[nH]1)c1occc1Br. The molecule has 16 heavy (non-hydrogen) atoms. The lowest BCUT2D eigenvalue weighted by Gasteiger charge is -2.14. The predicted octanol–water partition coefficient (Wildman–Crippen LogP) is 2.85. The van der Waals surface area contributed by atoms with Gasteiger partial charge in [0, 0.05) is 12.4 Å². The normalized spacial score (nSPS) is 12.9. The molecule has 0 saturated carbocycles. The number of rotatable bonds is 5. The zero-order valence-corrected chi connectivity index (χ0v) is 10.6. The zero-order valence-electron chi connectivity index (χ0n) is 9.03. The fourth-order valence-corrected chi connectivity index (χ4v) is 1.98. The minimum atomic E-state index is -0.0284. The minimum Gasteiger partial charge on any atom is -0.466 e. The molecule has 0 aliphatic carbocycles. The molecule has 2 rings (SSSR count). The van der Waals surface area contributed by atoms with Gasteiger partial charge in [0.05, 0.1) is 10.7 Å². The van der Waals surface area contributed by atoms with Crippen molar-refractivity contribution in [2.45, 2.75) is 19.4 Å². The Balaban J connectivity index is 2.25. The minimum absolute atomic E-state index is 0.0284. The lowest BCUT2D eigenvalue weighted by Crippen LogP contribution is -2.24. The molecule has 0 aliphatic rings. The van der Waals surface area contributed by atoms with Crippen LogP contribution in [-0.4, -0.2) is 16.5 Å². The number of hydrogen-bond donors (Lipinski definition) is 2. The number of halogens is 1. The third-order valence-corrected chi connectivity index (χ3v) is 2.95. The quantitative estimate of drug-likeness (QED) is 0.887. The van der Waals surface area contributed by atoms with E-state index in [-0.39, 0.29) is 6.04 Å². The second-order valence-electron chi connectivity index (χ2n) is 3.49. The van der Waals surface area contributed by atoms with Crippen molar-refractivity contribution in [1.29, 1.82) is 0 Å². The van der Waals surface area contributed by atoms with Gasteiger partial charge in [0.25, 0.3) is 0 Å². The van der Waals surface area contributed by atoms with Crippen LogP contribution in [0.5, 0.6) is 0 Å². The molecular formula is C11H14BrN3O. The summed E-state index contributed by atoms with van der Waals surface area (Å²) in [4.78, 5) is 7.37. The molecule has 4 nitrogen and oxygen atoms in total. The molecule has 1 atom stereocenters. The van der Waals surface area contributed by atoms with Gasteiger partial charge >= 0.3 is 0 Å². The van der Waals surface area contributed by atoms with Crippen LogP contribution < -0.4 is 5.32 Å². The Morgan fingerprint density at radius 3 is 3.06 bits per heavy atom. The van der Waals surface area contributed by atoms with Gasteiger partial charge in [-0.3, -0.25) is 0 Å². The Bertz CT molecular complexity index is 424. The summed E-state index contributed by atoms with van der Waals surface area (Å²) in [5, 5.41) is 3.40. The van der Waals surface area contributed by atoms with E-state index in [1.165, 1.54) is 0 Å². The smallest absolute Gasteiger partial charge is 0.142 e. The highest BCUT2D eigenvalue weighted by Crippen LogP contribution is 2.27. The van der Waals surface area contributed by atoms with Crippen LogP contribution in [0.15, 0.2) is 33.6 Å². The zero-order chi connectivity index (χ0) is 11.4.